The Balaban J connectivity index is 1.88. The molecule has 3 N–H and O–H groups in total. The molecule has 1 amide bonds. The second-order valence-corrected chi connectivity index (χ2v) is 5.57. The van der Waals surface area contributed by atoms with Gasteiger partial charge in [0.15, 0.2) is 0 Å². The van der Waals surface area contributed by atoms with E-state index in [-0.39, 0.29) is 5.91 Å². The van der Waals surface area contributed by atoms with Gasteiger partial charge in [-0.25, -0.2) is 4.68 Å². The van der Waals surface area contributed by atoms with Gasteiger partial charge in [0.2, 0.25) is 5.91 Å². The fourth-order valence-electron chi connectivity index (χ4n) is 2.12. The Kier molecular flexibility index (Phi) is 5.11. The van der Waals surface area contributed by atoms with Gasteiger partial charge in [-0.15, -0.1) is 0 Å². The molecule has 0 radical (unpaired) electrons. The summed E-state index contributed by atoms with van der Waals surface area (Å²) in [6.45, 7) is 4.60. The second kappa shape index (κ2) is 7.04. The molecule has 0 aliphatic rings. The summed E-state index contributed by atoms with van der Waals surface area (Å²) in [5, 5.41) is 7.04. The molecular weight excluding hydrogens is 264 g/mol. The summed E-state index contributed by atoms with van der Waals surface area (Å²) in [7, 11) is 0. The predicted octanol–water partition coefficient (Wildman–Crippen LogP) is 1.86. The van der Waals surface area contributed by atoms with Gasteiger partial charge in [-0.2, -0.15) is 5.10 Å². The fourth-order valence-corrected chi connectivity index (χ4v) is 2.12. The zero-order valence-electron chi connectivity index (χ0n) is 12.5. The number of benzene rings is 1. The minimum atomic E-state index is -0.437. The van der Waals surface area contributed by atoms with E-state index in [1.165, 1.54) is 0 Å². The molecule has 112 valence electrons. The third-order valence-corrected chi connectivity index (χ3v) is 3.23. The molecule has 1 aromatic carbocycles. The van der Waals surface area contributed by atoms with Crippen molar-refractivity contribution in [1.82, 2.24) is 15.1 Å². The molecule has 21 heavy (non-hydrogen) atoms. The Morgan fingerprint density at radius 1 is 1.33 bits per heavy atom. The highest BCUT2D eigenvalue weighted by molar-refractivity contribution is 5.81. The quantitative estimate of drug-likeness (QED) is 0.851. The minimum absolute atomic E-state index is 0.0974. The lowest BCUT2D eigenvalue weighted by atomic mass is 10.0. The zero-order valence-corrected chi connectivity index (χ0v) is 12.5. The third kappa shape index (κ3) is 4.43. The molecule has 0 fully saturated rings. The van der Waals surface area contributed by atoms with E-state index < -0.39 is 6.04 Å². The number of nitrogens with one attached hydrogen (secondary N) is 1. The fraction of sp³-hybridized carbons (Fsp3) is 0.375. The molecule has 0 spiro atoms. The van der Waals surface area contributed by atoms with E-state index in [9.17, 15) is 4.79 Å². The van der Waals surface area contributed by atoms with Gasteiger partial charge < -0.3 is 11.1 Å². The molecule has 0 saturated carbocycles. The van der Waals surface area contributed by atoms with E-state index in [2.05, 4.69) is 24.3 Å². The van der Waals surface area contributed by atoms with Crippen molar-refractivity contribution < 1.29 is 4.79 Å². The average molecular weight is 286 g/mol. The molecule has 0 saturated heterocycles. The second-order valence-electron chi connectivity index (χ2n) is 5.57. The topological polar surface area (TPSA) is 72.9 Å². The molecule has 1 aromatic heterocycles. The van der Waals surface area contributed by atoms with Crippen molar-refractivity contribution in [3.05, 3.63) is 48.3 Å². The maximum Gasteiger partial charge on any atom is 0.237 e. The van der Waals surface area contributed by atoms with Crippen molar-refractivity contribution in [2.24, 2.45) is 11.7 Å². The molecule has 0 aliphatic heterocycles. The van der Waals surface area contributed by atoms with Crippen LogP contribution in [0.2, 0.25) is 0 Å². The summed E-state index contributed by atoms with van der Waals surface area (Å²) in [6.07, 6.45) is 4.33. The third-order valence-electron chi connectivity index (χ3n) is 3.23. The summed E-state index contributed by atoms with van der Waals surface area (Å²) in [6, 6.07) is 9.35. The minimum Gasteiger partial charge on any atom is -0.351 e. The SMILES string of the molecule is CC(C)C[C@H](N)C(=O)NCc1ccc(-n2cccn2)cc1. The van der Waals surface area contributed by atoms with E-state index >= 15 is 0 Å². The van der Waals surface area contributed by atoms with Crippen LogP contribution >= 0.6 is 0 Å². The van der Waals surface area contributed by atoms with Crippen LogP contribution in [0.5, 0.6) is 0 Å². The maximum atomic E-state index is 11.9. The number of aromatic nitrogens is 2. The van der Waals surface area contributed by atoms with E-state index in [1.54, 1.807) is 10.9 Å². The van der Waals surface area contributed by atoms with Crippen molar-refractivity contribution >= 4 is 5.91 Å². The Hall–Kier alpha value is -2.14. The summed E-state index contributed by atoms with van der Waals surface area (Å²) in [5.74, 6) is 0.318. The number of amides is 1. The number of carbonyl (C=O) groups is 1. The highest BCUT2D eigenvalue weighted by atomic mass is 16.2. The summed E-state index contributed by atoms with van der Waals surface area (Å²) in [5.41, 5.74) is 7.88. The number of nitrogens with two attached hydrogens (primary N) is 1. The largest absolute Gasteiger partial charge is 0.351 e. The van der Waals surface area contributed by atoms with Crippen LogP contribution in [0.25, 0.3) is 5.69 Å². The molecular formula is C16H22N4O. The molecule has 2 aromatic rings. The van der Waals surface area contributed by atoms with Crippen LogP contribution in [0.1, 0.15) is 25.8 Å². The lowest BCUT2D eigenvalue weighted by molar-refractivity contribution is -0.122. The number of carbonyl (C=O) groups excluding carboxylic acids is 1. The standard InChI is InChI=1S/C16H22N4O/c1-12(2)10-15(17)16(21)18-11-13-4-6-14(7-5-13)20-9-3-8-19-20/h3-9,12,15H,10-11,17H2,1-2H3,(H,18,21)/t15-/m0/s1. The average Bonchev–Trinajstić information content (AvgIpc) is 2.98. The predicted molar refractivity (Wildman–Crippen MR) is 82.8 cm³/mol. The van der Waals surface area contributed by atoms with Gasteiger partial charge >= 0.3 is 0 Å². The van der Waals surface area contributed by atoms with Gasteiger partial charge in [0, 0.05) is 18.9 Å². The van der Waals surface area contributed by atoms with Crippen LogP contribution in [0.4, 0.5) is 0 Å². The molecule has 1 atom stereocenters. The normalized spacial score (nSPS) is 12.4. The first-order valence-electron chi connectivity index (χ1n) is 7.18. The van der Waals surface area contributed by atoms with Crippen molar-refractivity contribution in [1.29, 1.82) is 0 Å². The van der Waals surface area contributed by atoms with Crippen molar-refractivity contribution in [2.45, 2.75) is 32.9 Å². The molecule has 0 aliphatic carbocycles. The number of rotatable bonds is 6. The zero-order chi connectivity index (χ0) is 15.2. The van der Waals surface area contributed by atoms with Gasteiger partial charge in [-0.1, -0.05) is 26.0 Å². The Labute approximate surface area is 125 Å². The van der Waals surface area contributed by atoms with Crippen molar-refractivity contribution in [3.8, 4) is 5.69 Å². The summed E-state index contributed by atoms with van der Waals surface area (Å²) in [4.78, 5) is 11.9. The lowest BCUT2D eigenvalue weighted by Crippen LogP contribution is -2.41. The first-order chi connectivity index (χ1) is 10.1. The number of hydrogen-bond acceptors (Lipinski definition) is 3. The van der Waals surface area contributed by atoms with Gasteiger partial charge in [0.25, 0.3) is 0 Å². The monoisotopic (exact) mass is 286 g/mol. The van der Waals surface area contributed by atoms with Gasteiger partial charge in [0.1, 0.15) is 0 Å². The maximum absolute atomic E-state index is 11.9. The van der Waals surface area contributed by atoms with E-state index in [4.69, 9.17) is 5.73 Å². The molecule has 1 heterocycles. The highest BCUT2D eigenvalue weighted by Crippen LogP contribution is 2.09. The molecule has 0 unspecified atom stereocenters. The Bertz CT molecular complexity index is 560. The Morgan fingerprint density at radius 3 is 2.62 bits per heavy atom. The van der Waals surface area contributed by atoms with E-state index in [0.29, 0.717) is 18.9 Å². The molecule has 5 nitrogen and oxygen atoms in total. The van der Waals surface area contributed by atoms with Crippen molar-refractivity contribution in [2.75, 3.05) is 0 Å². The van der Waals surface area contributed by atoms with Gasteiger partial charge in [-0.3, -0.25) is 4.79 Å². The van der Waals surface area contributed by atoms with Crippen molar-refractivity contribution in [3.63, 3.8) is 0 Å². The number of nitrogens with zero attached hydrogens (tertiary/aromatic N) is 2. The van der Waals surface area contributed by atoms with Crippen LogP contribution in [-0.2, 0) is 11.3 Å². The van der Waals surface area contributed by atoms with Crippen LogP contribution in [0, 0.1) is 5.92 Å². The molecule has 5 heteroatoms. The van der Waals surface area contributed by atoms with Crippen LogP contribution in [0.15, 0.2) is 42.7 Å². The van der Waals surface area contributed by atoms with E-state index in [1.807, 2.05) is 36.5 Å². The summed E-state index contributed by atoms with van der Waals surface area (Å²) < 4.78 is 1.79. The summed E-state index contributed by atoms with van der Waals surface area (Å²) >= 11 is 0. The first kappa shape index (κ1) is 15.3. The van der Waals surface area contributed by atoms with Gasteiger partial charge in [0.05, 0.1) is 11.7 Å². The molecule has 0 bridgehead atoms. The van der Waals surface area contributed by atoms with Crippen LogP contribution in [0.3, 0.4) is 0 Å². The lowest BCUT2D eigenvalue weighted by Gasteiger charge is -2.14. The van der Waals surface area contributed by atoms with Crippen LogP contribution in [-0.4, -0.2) is 21.7 Å². The molecule has 2 rings (SSSR count). The van der Waals surface area contributed by atoms with E-state index in [0.717, 1.165) is 11.3 Å². The first-order valence-corrected chi connectivity index (χ1v) is 7.18. The Morgan fingerprint density at radius 2 is 2.05 bits per heavy atom. The van der Waals surface area contributed by atoms with Gasteiger partial charge in [-0.05, 0) is 36.1 Å². The smallest absolute Gasteiger partial charge is 0.237 e. The number of hydrogen-bond donors (Lipinski definition) is 2. The highest BCUT2D eigenvalue weighted by Gasteiger charge is 2.14. The van der Waals surface area contributed by atoms with Crippen LogP contribution < -0.4 is 11.1 Å².